The van der Waals surface area contributed by atoms with Crippen molar-refractivity contribution in [3.05, 3.63) is 102 Å². The Labute approximate surface area is 302 Å². The number of hydrogen-bond acceptors (Lipinski definition) is 8. The zero-order valence-corrected chi connectivity index (χ0v) is 32.2. The van der Waals surface area contributed by atoms with E-state index in [-0.39, 0.29) is 11.6 Å². The number of carbonyl (C=O) groups excluding carboxylic acids is 1. The van der Waals surface area contributed by atoms with Crippen molar-refractivity contribution in [3.63, 3.8) is 0 Å². The average Bonchev–Trinajstić information content (AvgIpc) is 3.28. The topological polar surface area (TPSA) is 93.7 Å². The summed E-state index contributed by atoms with van der Waals surface area (Å²) in [6.45, 7) is 12.4. The molecular weight excluding hydrogens is 663 g/mol. The molecule has 5 rings (SSSR count). The van der Waals surface area contributed by atoms with E-state index in [2.05, 4.69) is 80.7 Å². The number of amides is 1. The minimum absolute atomic E-state index is 0.187. The highest BCUT2D eigenvalue weighted by Crippen LogP contribution is 2.51. The van der Waals surface area contributed by atoms with Crippen LogP contribution in [0.25, 0.3) is 5.57 Å². The van der Waals surface area contributed by atoms with Gasteiger partial charge in [-0.15, -0.1) is 0 Å². The summed E-state index contributed by atoms with van der Waals surface area (Å²) in [7, 11) is 3.25. The zero-order valence-electron chi connectivity index (χ0n) is 31.2. The van der Waals surface area contributed by atoms with Crippen molar-refractivity contribution in [1.82, 2.24) is 0 Å². The van der Waals surface area contributed by atoms with E-state index in [1.807, 2.05) is 57.2 Å². The largest absolute Gasteiger partial charge is 0.495 e. The fourth-order valence-corrected chi connectivity index (χ4v) is 11.2. The number of ether oxygens (including phenoxy) is 6. The first kappa shape index (κ1) is 37.3. The van der Waals surface area contributed by atoms with Crippen molar-refractivity contribution in [2.45, 2.75) is 58.3 Å². The lowest BCUT2D eigenvalue weighted by atomic mass is 9.94. The Balaban J connectivity index is 1.75. The summed E-state index contributed by atoms with van der Waals surface area (Å²) in [5.41, 5.74) is 1.99. The second-order valence-electron chi connectivity index (χ2n) is 14.3. The van der Waals surface area contributed by atoms with E-state index in [9.17, 15) is 4.79 Å². The van der Waals surface area contributed by atoms with E-state index < -0.39 is 26.1 Å². The van der Waals surface area contributed by atoms with Gasteiger partial charge in [-0.3, -0.25) is 5.32 Å². The molecule has 0 saturated heterocycles. The van der Waals surface area contributed by atoms with Gasteiger partial charge in [0.25, 0.3) is 8.32 Å². The molecule has 10 heteroatoms. The Morgan fingerprint density at radius 2 is 1.33 bits per heavy atom. The molecule has 1 N–H and O–H groups in total. The lowest BCUT2D eigenvalue weighted by molar-refractivity contribution is 0.0635. The second-order valence-corrected chi connectivity index (χ2v) is 18.5. The van der Waals surface area contributed by atoms with Crippen LogP contribution in [0.1, 0.15) is 52.7 Å². The number of hydrogen-bond donors (Lipinski definition) is 1. The summed E-state index contributed by atoms with van der Waals surface area (Å²) in [5, 5.41) is 4.89. The van der Waals surface area contributed by atoms with Gasteiger partial charge in [0.2, 0.25) is 11.5 Å². The molecule has 1 amide bonds. The summed E-state index contributed by atoms with van der Waals surface area (Å²) in [6.07, 6.45) is 0.970. The number of carbonyl (C=O) groups is 1. The van der Waals surface area contributed by atoms with Gasteiger partial charge in [0.1, 0.15) is 18.0 Å². The molecule has 0 radical (unpaired) electrons. The zero-order chi connectivity index (χ0) is 37.0. The first-order valence-corrected chi connectivity index (χ1v) is 18.8. The predicted molar refractivity (Wildman–Crippen MR) is 204 cm³/mol. The highest BCUT2D eigenvalue weighted by atomic mass is 28.4. The maximum absolute atomic E-state index is 13.0. The molecule has 9 nitrogen and oxygen atoms in total. The summed E-state index contributed by atoms with van der Waals surface area (Å²) < 4.78 is 42.9. The Hall–Kier alpha value is -4.93. The van der Waals surface area contributed by atoms with Gasteiger partial charge in [-0.05, 0) is 71.6 Å². The van der Waals surface area contributed by atoms with Crippen molar-refractivity contribution >= 4 is 36.0 Å². The van der Waals surface area contributed by atoms with Crippen LogP contribution in [0, 0.1) is 0 Å². The van der Waals surface area contributed by atoms with E-state index in [0.29, 0.717) is 40.0 Å². The van der Waals surface area contributed by atoms with Gasteiger partial charge in [-0.1, -0.05) is 87.5 Å². The van der Waals surface area contributed by atoms with E-state index in [1.54, 1.807) is 28.4 Å². The van der Waals surface area contributed by atoms with Gasteiger partial charge in [0.05, 0.1) is 40.2 Å². The molecular formula is C41H49NO8Si. The van der Waals surface area contributed by atoms with Gasteiger partial charge < -0.3 is 32.8 Å². The summed E-state index contributed by atoms with van der Waals surface area (Å²) in [4.78, 5) is 13.0. The highest BCUT2D eigenvalue weighted by molar-refractivity contribution is 6.99. The Kier molecular flexibility index (Phi) is 11.1. The molecule has 0 unspecified atom stereocenters. The highest BCUT2D eigenvalue weighted by Gasteiger charge is 2.51. The van der Waals surface area contributed by atoms with Gasteiger partial charge in [0.15, 0.2) is 11.5 Å². The third kappa shape index (κ3) is 7.72. The number of rotatable bonds is 10. The summed E-state index contributed by atoms with van der Waals surface area (Å²) >= 11 is 0. The maximum atomic E-state index is 13.0. The minimum Gasteiger partial charge on any atom is -0.495 e. The van der Waals surface area contributed by atoms with E-state index in [0.717, 1.165) is 21.5 Å². The molecule has 0 aliphatic carbocycles. The molecule has 0 bridgehead atoms. The Morgan fingerprint density at radius 3 is 1.84 bits per heavy atom. The third-order valence-electron chi connectivity index (χ3n) is 8.71. The van der Waals surface area contributed by atoms with Crippen LogP contribution < -0.4 is 39.4 Å². The molecule has 4 aromatic rings. The van der Waals surface area contributed by atoms with Crippen LogP contribution in [-0.2, 0) is 9.16 Å². The monoisotopic (exact) mass is 711 g/mol. The predicted octanol–water partition coefficient (Wildman–Crippen LogP) is 7.84. The first-order valence-electron chi connectivity index (χ1n) is 16.9. The van der Waals surface area contributed by atoms with Gasteiger partial charge in [0, 0.05) is 5.56 Å². The quantitative estimate of drug-likeness (QED) is 0.167. The smallest absolute Gasteiger partial charge is 0.412 e. The van der Waals surface area contributed by atoms with Crippen LogP contribution in [-0.4, -0.2) is 61.2 Å². The van der Waals surface area contributed by atoms with Crippen molar-refractivity contribution in [2.75, 3.05) is 40.4 Å². The van der Waals surface area contributed by atoms with Crippen LogP contribution in [0.15, 0.2) is 91.0 Å². The summed E-state index contributed by atoms with van der Waals surface area (Å²) in [5.74, 6) is 2.22. The molecule has 0 aromatic heterocycles. The van der Waals surface area contributed by atoms with Crippen molar-refractivity contribution < 1.29 is 37.6 Å². The van der Waals surface area contributed by atoms with Crippen LogP contribution >= 0.6 is 0 Å². The van der Waals surface area contributed by atoms with Crippen LogP contribution in [0.4, 0.5) is 10.5 Å². The van der Waals surface area contributed by atoms with Crippen molar-refractivity contribution in [1.29, 1.82) is 0 Å². The van der Waals surface area contributed by atoms with Gasteiger partial charge in [-0.2, -0.15) is 0 Å². The number of fused-ring (bicyclic) bond motifs is 1. The molecule has 270 valence electrons. The van der Waals surface area contributed by atoms with Crippen LogP contribution in [0.2, 0.25) is 5.04 Å². The Bertz CT molecular complexity index is 1820. The number of nitrogens with one attached hydrogen (secondary N) is 1. The standard InChI is InChI=1S/C41H49NO8Si/c1-40(2,3)49-39(43)42-33-23-27(21-22-34(33)44-7)31-24-28(26-48-36-32(31)25-35(45-8)37(46-9)38(36)47-10)50-51(41(4,5)6,29-17-13-11-14-18-29)30-19-15-12-16-20-30/h11-25,28H,26H2,1-10H3,(H,42,43)/t28-/m1/s1. The normalized spacial score (nSPS) is 14.6. The third-order valence-corrected chi connectivity index (χ3v) is 13.8. The lowest BCUT2D eigenvalue weighted by Crippen LogP contribution is -2.68. The number of methoxy groups -OCH3 is 4. The van der Waals surface area contributed by atoms with E-state index in [4.69, 9.17) is 32.8 Å². The molecule has 1 aliphatic heterocycles. The fraction of sp³-hybridized carbons (Fsp3) is 0.341. The number of anilines is 1. The number of benzene rings is 4. The van der Waals surface area contributed by atoms with E-state index in [1.165, 1.54) is 0 Å². The average molecular weight is 712 g/mol. The van der Waals surface area contributed by atoms with Crippen LogP contribution in [0.3, 0.4) is 0 Å². The lowest BCUT2D eigenvalue weighted by Gasteiger charge is -2.44. The van der Waals surface area contributed by atoms with Crippen molar-refractivity contribution in [3.8, 4) is 28.7 Å². The molecule has 0 spiro atoms. The second kappa shape index (κ2) is 15.1. The van der Waals surface area contributed by atoms with Gasteiger partial charge in [-0.25, -0.2) is 4.79 Å². The minimum atomic E-state index is -3.02. The van der Waals surface area contributed by atoms with Gasteiger partial charge >= 0.3 is 6.09 Å². The fourth-order valence-electron chi connectivity index (χ4n) is 6.59. The first-order chi connectivity index (χ1) is 24.3. The summed E-state index contributed by atoms with van der Waals surface area (Å²) in [6, 6.07) is 28.4. The molecule has 51 heavy (non-hydrogen) atoms. The molecule has 1 aliphatic rings. The Morgan fingerprint density at radius 1 is 0.745 bits per heavy atom. The molecule has 1 atom stereocenters. The maximum Gasteiger partial charge on any atom is 0.412 e. The molecule has 1 heterocycles. The molecule has 0 fully saturated rings. The molecule has 0 saturated carbocycles. The van der Waals surface area contributed by atoms with Crippen LogP contribution in [0.5, 0.6) is 28.7 Å². The SMILES string of the molecule is COc1ccc(C2=C[C@@H](O[Si](c3ccccc3)(c3ccccc3)C(C)(C)C)COc3c2cc(OC)c(OC)c3OC)cc1NC(=O)OC(C)(C)C. The van der Waals surface area contributed by atoms with E-state index >= 15 is 0 Å². The van der Waals surface area contributed by atoms with Crippen molar-refractivity contribution in [2.24, 2.45) is 0 Å². The molecule has 4 aromatic carbocycles.